The maximum atomic E-state index is 9.90. The van der Waals surface area contributed by atoms with Gasteiger partial charge in [-0.3, -0.25) is 0 Å². The first-order chi connectivity index (χ1) is 10.2. The molecule has 1 aromatic rings. The summed E-state index contributed by atoms with van der Waals surface area (Å²) < 4.78 is 5.77. The van der Waals surface area contributed by atoms with E-state index in [-0.39, 0.29) is 6.10 Å². The maximum absolute atomic E-state index is 9.90. The third-order valence-corrected chi connectivity index (χ3v) is 4.72. The minimum atomic E-state index is -0.120. The minimum absolute atomic E-state index is 0.120. The number of rotatable bonds is 7. The molecule has 1 aromatic carbocycles. The lowest BCUT2D eigenvalue weighted by Crippen LogP contribution is -2.44. The molecule has 3 atom stereocenters. The number of benzene rings is 1. The zero-order chi connectivity index (χ0) is 15.1. The average molecular weight is 291 g/mol. The molecule has 0 bridgehead atoms. The van der Waals surface area contributed by atoms with Gasteiger partial charge in [0.2, 0.25) is 0 Å². The second-order valence-electron chi connectivity index (χ2n) is 6.22. The molecule has 21 heavy (non-hydrogen) atoms. The van der Waals surface area contributed by atoms with Gasteiger partial charge < -0.3 is 14.7 Å². The third kappa shape index (κ3) is 5.10. The molecule has 1 N–H and O–H groups in total. The van der Waals surface area contributed by atoms with Crippen LogP contribution in [0.4, 0.5) is 0 Å². The summed E-state index contributed by atoms with van der Waals surface area (Å²) in [6.07, 6.45) is 4.11. The lowest BCUT2D eigenvalue weighted by Gasteiger charge is -2.39. The number of aliphatic hydroxyl groups excluding tert-OH is 1. The molecular formula is C18H29NO2. The normalized spacial score (nSPS) is 26.2. The lowest BCUT2D eigenvalue weighted by molar-refractivity contribution is 0.0195. The number of hydrogen-bond acceptors (Lipinski definition) is 3. The number of likely N-dealkylation sites (N-methyl/N-ethyl adjacent to an activating group) is 1. The van der Waals surface area contributed by atoms with Crippen molar-refractivity contribution < 1.29 is 9.84 Å². The monoisotopic (exact) mass is 291 g/mol. The molecule has 0 heterocycles. The van der Waals surface area contributed by atoms with Crippen LogP contribution >= 0.6 is 0 Å². The molecule has 1 saturated carbocycles. The maximum Gasteiger partial charge on any atom is 0.0717 e. The molecule has 1 aliphatic rings. The van der Waals surface area contributed by atoms with Gasteiger partial charge in [0.05, 0.1) is 19.3 Å². The first-order valence-electron chi connectivity index (χ1n) is 8.20. The fourth-order valence-corrected chi connectivity index (χ4v) is 3.34. The Morgan fingerprint density at radius 3 is 2.71 bits per heavy atom. The van der Waals surface area contributed by atoms with Crippen LogP contribution in [0.5, 0.6) is 0 Å². The van der Waals surface area contributed by atoms with Gasteiger partial charge in [0.1, 0.15) is 0 Å². The molecular weight excluding hydrogens is 262 g/mol. The molecule has 0 amide bonds. The van der Waals surface area contributed by atoms with Crippen LogP contribution in [0.25, 0.3) is 0 Å². The Bertz CT molecular complexity index is 395. The van der Waals surface area contributed by atoms with Crippen molar-refractivity contribution in [3.63, 3.8) is 0 Å². The highest BCUT2D eigenvalue weighted by molar-refractivity contribution is 5.13. The van der Waals surface area contributed by atoms with E-state index in [2.05, 4.69) is 31.0 Å². The van der Waals surface area contributed by atoms with Crippen molar-refractivity contribution in [2.75, 3.05) is 20.2 Å². The topological polar surface area (TPSA) is 32.7 Å². The zero-order valence-electron chi connectivity index (χ0n) is 13.4. The largest absolute Gasteiger partial charge is 0.393 e. The van der Waals surface area contributed by atoms with E-state index in [1.165, 1.54) is 12.0 Å². The summed E-state index contributed by atoms with van der Waals surface area (Å²) in [6.45, 7) is 4.61. The molecule has 2 rings (SSSR count). The third-order valence-electron chi connectivity index (χ3n) is 4.72. The Morgan fingerprint density at radius 1 is 1.24 bits per heavy atom. The summed E-state index contributed by atoms with van der Waals surface area (Å²) in [6, 6.07) is 10.8. The molecule has 0 aromatic heterocycles. The van der Waals surface area contributed by atoms with Crippen LogP contribution < -0.4 is 0 Å². The lowest BCUT2D eigenvalue weighted by atomic mass is 9.80. The summed E-state index contributed by atoms with van der Waals surface area (Å²) in [4.78, 5) is 2.38. The van der Waals surface area contributed by atoms with Crippen LogP contribution in [-0.4, -0.2) is 42.4 Å². The van der Waals surface area contributed by atoms with E-state index >= 15 is 0 Å². The molecule has 1 fully saturated rings. The summed E-state index contributed by atoms with van der Waals surface area (Å²) in [5.74, 6) is 0.715. The molecule has 0 spiro atoms. The Balaban J connectivity index is 1.71. The molecule has 3 unspecified atom stereocenters. The van der Waals surface area contributed by atoms with Crippen LogP contribution in [0.15, 0.2) is 30.3 Å². The fraction of sp³-hybridized carbons (Fsp3) is 0.667. The van der Waals surface area contributed by atoms with Crippen LogP contribution in [0.1, 0.15) is 38.2 Å². The molecule has 0 radical (unpaired) electrons. The van der Waals surface area contributed by atoms with Gasteiger partial charge in [-0.05, 0) is 37.8 Å². The van der Waals surface area contributed by atoms with Crippen molar-refractivity contribution in [1.29, 1.82) is 0 Å². The quantitative estimate of drug-likeness (QED) is 0.784. The first-order valence-corrected chi connectivity index (χ1v) is 8.20. The SMILES string of the molecule is CCC1CCC(O)CC1N(C)CCOCc1ccccc1. The Labute approximate surface area is 128 Å². The van der Waals surface area contributed by atoms with Crippen molar-refractivity contribution in [1.82, 2.24) is 4.90 Å². The van der Waals surface area contributed by atoms with Gasteiger partial charge in [-0.2, -0.15) is 0 Å². The van der Waals surface area contributed by atoms with Gasteiger partial charge in [0.15, 0.2) is 0 Å². The first kappa shape index (κ1) is 16.5. The number of aliphatic hydroxyl groups is 1. The molecule has 3 nitrogen and oxygen atoms in total. The van der Waals surface area contributed by atoms with E-state index < -0.39 is 0 Å². The summed E-state index contributed by atoms with van der Waals surface area (Å²) in [5, 5.41) is 9.90. The van der Waals surface area contributed by atoms with E-state index in [0.717, 1.165) is 32.4 Å². The van der Waals surface area contributed by atoms with Crippen molar-refractivity contribution in [2.45, 2.75) is 51.4 Å². The van der Waals surface area contributed by atoms with Crippen LogP contribution in [0, 0.1) is 5.92 Å². The average Bonchev–Trinajstić information content (AvgIpc) is 2.52. The van der Waals surface area contributed by atoms with E-state index in [1.54, 1.807) is 0 Å². The fourth-order valence-electron chi connectivity index (χ4n) is 3.34. The summed E-state index contributed by atoms with van der Waals surface area (Å²) >= 11 is 0. The van der Waals surface area contributed by atoms with Crippen LogP contribution in [0.3, 0.4) is 0 Å². The van der Waals surface area contributed by atoms with E-state index in [4.69, 9.17) is 4.74 Å². The van der Waals surface area contributed by atoms with Crippen LogP contribution in [-0.2, 0) is 11.3 Å². The Morgan fingerprint density at radius 2 is 2.00 bits per heavy atom. The number of nitrogens with zero attached hydrogens (tertiary/aromatic N) is 1. The smallest absolute Gasteiger partial charge is 0.0717 e. The van der Waals surface area contributed by atoms with Crippen molar-refractivity contribution in [2.24, 2.45) is 5.92 Å². The molecule has 0 aliphatic heterocycles. The van der Waals surface area contributed by atoms with Gasteiger partial charge in [-0.15, -0.1) is 0 Å². The van der Waals surface area contributed by atoms with Crippen molar-refractivity contribution in [3.8, 4) is 0 Å². The zero-order valence-corrected chi connectivity index (χ0v) is 13.4. The van der Waals surface area contributed by atoms with E-state index in [0.29, 0.717) is 18.6 Å². The predicted octanol–water partition coefficient (Wildman–Crippen LogP) is 3.07. The van der Waals surface area contributed by atoms with Gasteiger partial charge in [-0.1, -0.05) is 43.7 Å². The highest BCUT2D eigenvalue weighted by Gasteiger charge is 2.30. The molecule has 0 saturated heterocycles. The van der Waals surface area contributed by atoms with Crippen molar-refractivity contribution >= 4 is 0 Å². The highest BCUT2D eigenvalue weighted by Crippen LogP contribution is 2.30. The number of hydrogen-bond donors (Lipinski definition) is 1. The second kappa shape index (κ2) is 8.52. The standard InChI is InChI=1S/C18H29NO2/c1-3-16-9-10-17(20)13-18(16)19(2)11-12-21-14-15-7-5-4-6-8-15/h4-8,16-18,20H,3,9-14H2,1-2H3. The highest BCUT2D eigenvalue weighted by atomic mass is 16.5. The van der Waals surface area contributed by atoms with E-state index in [9.17, 15) is 5.11 Å². The Kier molecular flexibility index (Phi) is 6.68. The number of ether oxygens (including phenoxy) is 1. The van der Waals surface area contributed by atoms with Crippen molar-refractivity contribution in [3.05, 3.63) is 35.9 Å². The summed E-state index contributed by atoms with van der Waals surface area (Å²) in [7, 11) is 2.16. The predicted molar refractivity (Wildman–Crippen MR) is 86.2 cm³/mol. The van der Waals surface area contributed by atoms with Gasteiger partial charge >= 0.3 is 0 Å². The second-order valence-corrected chi connectivity index (χ2v) is 6.22. The van der Waals surface area contributed by atoms with Gasteiger partial charge in [0, 0.05) is 12.6 Å². The Hall–Kier alpha value is -0.900. The summed E-state index contributed by atoms with van der Waals surface area (Å²) in [5.41, 5.74) is 1.22. The van der Waals surface area contributed by atoms with Gasteiger partial charge in [-0.25, -0.2) is 0 Å². The molecule has 3 heteroatoms. The molecule has 1 aliphatic carbocycles. The van der Waals surface area contributed by atoms with Crippen LogP contribution in [0.2, 0.25) is 0 Å². The van der Waals surface area contributed by atoms with E-state index in [1.807, 2.05) is 18.2 Å². The minimum Gasteiger partial charge on any atom is -0.393 e. The van der Waals surface area contributed by atoms with Gasteiger partial charge in [0.25, 0.3) is 0 Å². The molecule has 118 valence electrons.